The molecule has 2 N–H and O–H groups in total. The molecule has 3 aromatic rings. The minimum absolute atomic E-state index is 0.0226. The van der Waals surface area contributed by atoms with Gasteiger partial charge in [0, 0.05) is 17.5 Å². The smallest absolute Gasteiger partial charge is 0.285 e. The molecule has 0 bridgehead atoms. The van der Waals surface area contributed by atoms with E-state index in [2.05, 4.69) is 14.2 Å². The minimum atomic E-state index is -4.14. The third-order valence-electron chi connectivity index (χ3n) is 5.50. The van der Waals surface area contributed by atoms with Crippen molar-refractivity contribution in [2.45, 2.75) is 24.2 Å². The number of hydrogen-bond donors (Lipinski definition) is 1. The quantitative estimate of drug-likeness (QED) is 0.291. The average molecular weight is 519 g/mol. The first-order valence-corrected chi connectivity index (χ1v) is 12.9. The van der Waals surface area contributed by atoms with Crippen molar-refractivity contribution >= 4 is 44.8 Å². The van der Waals surface area contributed by atoms with E-state index >= 15 is 0 Å². The van der Waals surface area contributed by atoms with Gasteiger partial charge in [-0.3, -0.25) is 0 Å². The Hall–Kier alpha value is -4.00. The summed E-state index contributed by atoms with van der Waals surface area (Å²) in [5.41, 5.74) is 8.84. The molecular weight excluding hydrogens is 496 g/mol. The lowest BCUT2D eigenvalue weighted by atomic mass is 9.86. The highest BCUT2D eigenvalue weighted by molar-refractivity contribution is 7.90. The molecule has 1 aliphatic heterocycles. The molecule has 1 aliphatic rings. The van der Waals surface area contributed by atoms with Crippen LogP contribution in [0.2, 0.25) is 5.02 Å². The fraction of sp³-hybridized carbons (Fsp3) is 0.154. The lowest BCUT2D eigenvalue weighted by molar-refractivity contribution is 0.400. The van der Waals surface area contributed by atoms with Crippen LogP contribution >= 0.6 is 11.6 Å². The van der Waals surface area contributed by atoms with Gasteiger partial charge in [-0.25, -0.2) is 9.85 Å². The van der Waals surface area contributed by atoms with Crippen LogP contribution in [-0.4, -0.2) is 37.5 Å². The number of amidine groups is 1. The first kappa shape index (κ1) is 25.1. The molecule has 3 aromatic carbocycles. The number of hydrogen-bond acceptors (Lipinski definition) is 3. The summed E-state index contributed by atoms with van der Waals surface area (Å²) in [6, 6.07) is 22.9. The van der Waals surface area contributed by atoms with Gasteiger partial charge in [-0.05, 0) is 36.6 Å². The Morgan fingerprint density at radius 2 is 1.75 bits per heavy atom. The van der Waals surface area contributed by atoms with E-state index in [1.165, 1.54) is 29.3 Å². The summed E-state index contributed by atoms with van der Waals surface area (Å²) in [4.78, 5) is 7.43. The highest BCUT2D eigenvalue weighted by Crippen LogP contribution is 2.30. The van der Waals surface area contributed by atoms with Gasteiger partial charge in [0.1, 0.15) is 0 Å². The second-order valence-electron chi connectivity index (χ2n) is 8.09. The molecule has 4 rings (SSSR count). The molecule has 1 unspecified atom stereocenters. The van der Waals surface area contributed by atoms with E-state index in [9.17, 15) is 8.42 Å². The SMILES string of the molecule is [C-]#[N+]c1ccc(S(=O)(=O)/N=C(/N=C(\C)N)N2CCC(c3ccccc3)C(c3ccc(Cl)cc3)=N2)cc1. The zero-order valence-electron chi connectivity index (χ0n) is 19.4. The number of aliphatic imine (C=N–C) groups is 1. The van der Waals surface area contributed by atoms with Gasteiger partial charge in [-0.2, -0.15) is 18.5 Å². The van der Waals surface area contributed by atoms with Gasteiger partial charge in [-0.15, -0.1) is 4.40 Å². The number of hydrazone groups is 1. The zero-order chi connectivity index (χ0) is 25.7. The largest absolute Gasteiger partial charge is 0.387 e. The van der Waals surface area contributed by atoms with Crippen LogP contribution in [0.5, 0.6) is 0 Å². The Morgan fingerprint density at radius 1 is 1.08 bits per heavy atom. The Balaban J connectivity index is 1.80. The number of nitrogens with zero attached hydrogens (tertiary/aromatic N) is 5. The van der Waals surface area contributed by atoms with Crippen molar-refractivity contribution in [2.75, 3.05) is 6.54 Å². The zero-order valence-corrected chi connectivity index (χ0v) is 21.0. The predicted molar refractivity (Wildman–Crippen MR) is 143 cm³/mol. The monoisotopic (exact) mass is 518 g/mol. The highest BCUT2D eigenvalue weighted by Gasteiger charge is 2.29. The summed E-state index contributed by atoms with van der Waals surface area (Å²) < 4.78 is 30.1. The minimum Gasteiger partial charge on any atom is -0.387 e. The van der Waals surface area contributed by atoms with Crippen LogP contribution in [0.4, 0.5) is 5.69 Å². The number of halogens is 1. The first-order valence-electron chi connectivity index (χ1n) is 11.1. The average Bonchev–Trinajstić information content (AvgIpc) is 2.88. The Kier molecular flexibility index (Phi) is 7.48. The van der Waals surface area contributed by atoms with E-state index in [0.29, 0.717) is 23.7 Å². The molecule has 0 amide bonds. The van der Waals surface area contributed by atoms with Crippen molar-refractivity contribution in [1.29, 1.82) is 0 Å². The summed E-state index contributed by atoms with van der Waals surface area (Å²) in [6.45, 7) is 8.98. The van der Waals surface area contributed by atoms with Crippen LogP contribution in [0.25, 0.3) is 4.85 Å². The number of sulfonamides is 1. The molecule has 36 heavy (non-hydrogen) atoms. The number of rotatable bonds is 4. The first-order chi connectivity index (χ1) is 17.3. The molecular formula is C26H23ClN6O2S. The number of guanidine groups is 1. The Morgan fingerprint density at radius 3 is 2.36 bits per heavy atom. The van der Waals surface area contributed by atoms with Crippen LogP contribution < -0.4 is 5.73 Å². The maximum Gasteiger partial charge on any atom is 0.285 e. The van der Waals surface area contributed by atoms with Crippen LogP contribution in [0.3, 0.4) is 0 Å². The summed E-state index contributed by atoms with van der Waals surface area (Å²) >= 11 is 6.11. The topological polar surface area (TPSA) is 105 Å². The van der Waals surface area contributed by atoms with Gasteiger partial charge in [0.05, 0.1) is 23.0 Å². The van der Waals surface area contributed by atoms with Crippen molar-refractivity contribution in [3.05, 3.63) is 106 Å². The van der Waals surface area contributed by atoms with E-state index < -0.39 is 10.0 Å². The summed E-state index contributed by atoms with van der Waals surface area (Å²) in [5, 5.41) is 6.87. The molecule has 0 aromatic heterocycles. The van der Waals surface area contributed by atoms with Crippen LogP contribution in [0.1, 0.15) is 30.4 Å². The molecule has 0 radical (unpaired) electrons. The molecule has 0 aliphatic carbocycles. The molecule has 1 heterocycles. The lowest BCUT2D eigenvalue weighted by Crippen LogP contribution is -2.36. The second-order valence-corrected chi connectivity index (χ2v) is 10.1. The lowest BCUT2D eigenvalue weighted by Gasteiger charge is -2.30. The van der Waals surface area contributed by atoms with Crippen molar-refractivity contribution in [3.8, 4) is 0 Å². The van der Waals surface area contributed by atoms with Crippen LogP contribution in [-0.2, 0) is 10.0 Å². The maximum absolute atomic E-state index is 13.1. The second kappa shape index (κ2) is 10.7. The van der Waals surface area contributed by atoms with Gasteiger partial charge in [0.2, 0.25) is 0 Å². The van der Waals surface area contributed by atoms with E-state index in [-0.39, 0.29) is 22.6 Å². The molecule has 10 heteroatoms. The van der Waals surface area contributed by atoms with Gasteiger partial charge >= 0.3 is 0 Å². The molecule has 1 atom stereocenters. The van der Waals surface area contributed by atoms with Gasteiger partial charge in [0.25, 0.3) is 16.0 Å². The number of nitrogens with two attached hydrogens (primary N) is 1. The summed E-state index contributed by atoms with van der Waals surface area (Å²) in [5.74, 6) is -0.0198. The van der Waals surface area contributed by atoms with Crippen molar-refractivity contribution in [3.63, 3.8) is 0 Å². The van der Waals surface area contributed by atoms with Gasteiger partial charge < -0.3 is 5.73 Å². The molecule has 182 valence electrons. The van der Waals surface area contributed by atoms with Gasteiger partial charge in [-0.1, -0.05) is 78.3 Å². The van der Waals surface area contributed by atoms with Crippen LogP contribution in [0.15, 0.2) is 98.2 Å². The summed E-state index contributed by atoms with van der Waals surface area (Å²) in [6.07, 6.45) is 0.642. The molecule has 0 spiro atoms. The van der Waals surface area contributed by atoms with E-state index in [0.717, 1.165) is 16.8 Å². The maximum atomic E-state index is 13.1. The van der Waals surface area contributed by atoms with Crippen LogP contribution in [0, 0.1) is 6.57 Å². The molecule has 0 saturated heterocycles. The van der Waals surface area contributed by atoms with Gasteiger partial charge in [0.15, 0.2) is 5.69 Å². The normalized spacial score (nSPS) is 16.9. The van der Waals surface area contributed by atoms with E-state index in [1.54, 1.807) is 19.1 Å². The fourth-order valence-corrected chi connectivity index (χ4v) is 4.87. The third-order valence-corrected chi connectivity index (χ3v) is 7.03. The van der Waals surface area contributed by atoms with E-state index in [1.807, 2.05) is 42.5 Å². The van der Waals surface area contributed by atoms with Crippen molar-refractivity contribution in [2.24, 2.45) is 20.2 Å². The molecule has 0 fully saturated rings. The van der Waals surface area contributed by atoms with E-state index in [4.69, 9.17) is 29.0 Å². The van der Waals surface area contributed by atoms with Crippen molar-refractivity contribution in [1.82, 2.24) is 5.01 Å². The number of benzene rings is 3. The predicted octanol–water partition coefficient (Wildman–Crippen LogP) is 5.21. The molecule has 0 saturated carbocycles. The van der Waals surface area contributed by atoms with Crippen molar-refractivity contribution < 1.29 is 8.42 Å². The molecule has 8 nitrogen and oxygen atoms in total. The highest BCUT2D eigenvalue weighted by atomic mass is 35.5. The Bertz CT molecular complexity index is 1470. The standard InChI is InChI=1S/C26H23ClN6O2S/c1-18(28)30-26(32-36(34,35)23-14-12-22(29-2)13-15-23)33-17-16-24(19-6-4-3-5-7-19)25(31-33)20-8-10-21(27)11-9-20/h3-15,24H,16-17H2,1H3,(H2,28,30,32). The fourth-order valence-electron chi connectivity index (χ4n) is 3.81. The summed E-state index contributed by atoms with van der Waals surface area (Å²) in [7, 11) is -4.14. The Labute approximate surface area is 215 Å². The third kappa shape index (κ3) is 5.79.